The summed E-state index contributed by atoms with van der Waals surface area (Å²) in [6.45, 7) is 13.2. The molecular weight excluding hydrogens is 1990 g/mol. The predicted molar refractivity (Wildman–Crippen MR) is 527 cm³/mol. The number of anilines is 4. The highest BCUT2D eigenvalue weighted by Crippen LogP contribution is 2.49. The number of amides is 4. The molecule has 7 fully saturated rings. The van der Waals surface area contributed by atoms with Crippen molar-refractivity contribution in [3.63, 3.8) is 0 Å². The first-order valence-corrected chi connectivity index (χ1v) is 53.6. The van der Waals surface area contributed by atoms with E-state index in [1.807, 2.05) is 31.4 Å². The van der Waals surface area contributed by atoms with Gasteiger partial charge in [0.05, 0.1) is 124 Å². The average Bonchev–Trinajstić information content (AvgIpc) is 1.58. The lowest BCUT2D eigenvalue weighted by Crippen LogP contribution is -2.42. The molecule has 4 amide bonds. The van der Waals surface area contributed by atoms with Crippen molar-refractivity contribution in [2.45, 2.75) is 165 Å². The van der Waals surface area contributed by atoms with Crippen LogP contribution < -0.4 is 62.2 Å². The molecule has 0 radical (unpaired) electrons. The first kappa shape index (κ1) is 104. The summed E-state index contributed by atoms with van der Waals surface area (Å²) in [5.41, 5.74) is 6.88. The molecule has 5 saturated heterocycles. The number of pyridine rings is 4. The molecular formula is C98H112F7N19O18S4. The zero-order valence-corrected chi connectivity index (χ0v) is 84.5. The molecule has 4 N–H and O–H groups in total. The third-order valence-corrected chi connectivity index (χ3v) is 33.4. The van der Waals surface area contributed by atoms with E-state index in [-0.39, 0.29) is 105 Å². The van der Waals surface area contributed by atoms with Gasteiger partial charge < -0.3 is 48.0 Å². The number of hydrogen-bond donors (Lipinski definition) is 4. The molecule has 0 bridgehead atoms. The Morgan fingerprint density at radius 2 is 0.815 bits per heavy atom. The van der Waals surface area contributed by atoms with Crippen LogP contribution in [0.3, 0.4) is 0 Å². The quantitative estimate of drug-likeness (QED) is 0.0316. The topological polar surface area (TPSA) is 400 Å². The first-order valence-electron chi connectivity index (χ1n) is 47.8. The van der Waals surface area contributed by atoms with E-state index in [0.29, 0.717) is 124 Å². The minimum atomic E-state index is -4.02. The van der Waals surface area contributed by atoms with Gasteiger partial charge in [-0.2, -0.15) is 58.6 Å². The van der Waals surface area contributed by atoms with Crippen molar-refractivity contribution in [2.75, 3.05) is 120 Å². The van der Waals surface area contributed by atoms with Crippen LogP contribution in [0, 0.1) is 29.2 Å². The highest BCUT2D eigenvalue weighted by molar-refractivity contribution is 7.91. The second kappa shape index (κ2) is 42.7. The molecule has 37 nitrogen and oxygen atoms in total. The van der Waals surface area contributed by atoms with Gasteiger partial charge in [0.2, 0.25) is 10.0 Å². The van der Waals surface area contributed by atoms with E-state index >= 15 is 0 Å². The SMILES string of the molecule is CC(C)(C)S(=O)(=O)NC(=O)c1cnn2ccc(N3C[C@@H](F)C[C@@H]3c3cc(F)ccc3OCC3CC3)cc12.CCN(C)S(=O)(=O)NC(=O)c1cnn2ccc(N3CCC[C@@H]3c3cc(F)c4c(c3)OCCO4)cc12.CCN(C)S(=O)(=O)NC(=O)c1cnn2ccc(N3C[C@@H](F)C[C@@H]3c3cc(F)ccc3OC3CC3)cc12.CCN(C)S(=O)(=O)NC(=O)c1cnn2ccc(N3C[C@@H](F)C[C@@H]3c3cc(F)ccc3OC3CCOC3)cc12. The number of carbonyl (C=O) groups is 4. The van der Waals surface area contributed by atoms with Gasteiger partial charge in [-0.25, -0.2) is 76.1 Å². The first-order chi connectivity index (χ1) is 69.5. The van der Waals surface area contributed by atoms with Crippen molar-refractivity contribution in [1.29, 1.82) is 0 Å². The number of fused-ring (bicyclic) bond motifs is 5. The fourth-order valence-electron chi connectivity index (χ4n) is 18.1. The van der Waals surface area contributed by atoms with Gasteiger partial charge in [0.15, 0.2) is 17.3 Å². The Morgan fingerprint density at radius 3 is 1.19 bits per heavy atom. The van der Waals surface area contributed by atoms with Crippen LogP contribution in [0.5, 0.6) is 28.7 Å². The Morgan fingerprint density at radius 1 is 0.438 bits per heavy atom. The number of hydrogen-bond acceptors (Lipinski definition) is 26. The lowest BCUT2D eigenvalue weighted by atomic mass is 10.0. The summed E-state index contributed by atoms with van der Waals surface area (Å²) in [6.07, 6.45) is 15.2. The third kappa shape index (κ3) is 23.0. The molecule has 8 aliphatic rings. The number of ether oxygens (including phenoxy) is 6. The molecule has 48 heteroatoms. The van der Waals surface area contributed by atoms with Gasteiger partial charge in [-0.1, -0.05) is 20.8 Å². The number of halogens is 7. The maximum atomic E-state index is 14.8. The number of rotatable bonds is 29. The van der Waals surface area contributed by atoms with E-state index in [4.69, 9.17) is 28.4 Å². The standard InChI is InChI=1S/C26H30F2N4O4S.C25H29F2N5O5S.C24H27F2N5O4S.C23H26FN5O5S/c1-26(2,3)37(34,35)30-25(33)21-13-29-32-9-8-19(12-23(21)32)31-14-18(28)11-22(31)20-10-17(27)6-7-24(20)36-15-16-4-5-16;1-3-30(2)38(34,35)29-25(33)21-13-28-32-8-6-18(12-23(21)32)31-14-17(27)11-22(31)20-10-16(26)4-5-24(20)37-19-7-9-36-15-19;1-3-29(2)36(33,34)28-24(32)20-13-27-31-9-8-17(12-22(20)31)30-14-16(26)11-21(30)19-10-15(25)4-7-23(19)35-18-5-6-18;1-3-27(2)35(31,32)26-23(30)17-14-25-29-8-6-16(13-20(17)29)28-7-4-5-19(28)15-11-18(24)22-21(12-15)33-9-10-34-22/h6-10,12-13,16,18,22H,4-5,11,14-15H2,1-3H3,(H,30,33);4-6,8,10,12-13,17,19,22H,3,7,9,11,14-15H2,1-2H3,(H,29,33);4,7-10,12-13,16,18,21H,3,5-6,11,14H2,1-2H3,(H,28,32);6,8,11-14,19H,3-5,7,9-10H2,1-2H3,(H,26,30)/t18-,22+;17-,19?,22+;16-,21+;19-/m0001/s1. The molecule has 2 saturated carbocycles. The molecule has 8 atom stereocenters. The molecule has 12 aromatic rings. The van der Waals surface area contributed by atoms with Gasteiger partial charge in [-0.05, 0) is 186 Å². The molecule has 4 aromatic carbocycles. The molecule has 14 heterocycles. The summed E-state index contributed by atoms with van der Waals surface area (Å²) < 4.78 is 252. The summed E-state index contributed by atoms with van der Waals surface area (Å²) in [5.74, 6) is -2.39. The molecule has 8 aromatic heterocycles. The van der Waals surface area contributed by atoms with Crippen LogP contribution >= 0.6 is 0 Å². The van der Waals surface area contributed by atoms with Crippen LogP contribution in [0.1, 0.15) is 194 Å². The fraction of sp³-hybridized carbons (Fsp3) is 0.429. The van der Waals surface area contributed by atoms with E-state index in [1.165, 1.54) is 127 Å². The average molecular weight is 2110 g/mol. The third-order valence-electron chi connectivity index (χ3n) is 26.8. The smallest absolute Gasteiger partial charge is 0.303 e. The van der Waals surface area contributed by atoms with E-state index in [1.54, 1.807) is 111 Å². The number of nitrogens with one attached hydrogen (secondary N) is 4. The highest BCUT2D eigenvalue weighted by Gasteiger charge is 2.43. The van der Waals surface area contributed by atoms with Gasteiger partial charge >= 0.3 is 30.6 Å². The minimum Gasteiger partial charge on any atom is -0.493 e. The van der Waals surface area contributed by atoms with Gasteiger partial charge in [0.1, 0.15) is 72.5 Å². The molecule has 6 aliphatic heterocycles. The van der Waals surface area contributed by atoms with Crippen molar-refractivity contribution >= 4 is 109 Å². The minimum absolute atomic E-state index is 0.0449. The summed E-state index contributed by atoms with van der Waals surface area (Å²) >= 11 is 0. The van der Waals surface area contributed by atoms with Crippen LogP contribution in [0.25, 0.3) is 22.1 Å². The largest absolute Gasteiger partial charge is 0.493 e. The van der Waals surface area contributed by atoms with E-state index in [2.05, 4.69) is 34.7 Å². The molecule has 146 heavy (non-hydrogen) atoms. The van der Waals surface area contributed by atoms with Crippen molar-refractivity contribution in [3.8, 4) is 28.7 Å². The van der Waals surface area contributed by atoms with Crippen molar-refractivity contribution < 1.29 is 112 Å². The number of aromatic nitrogens is 8. The Labute approximate surface area is 838 Å². The lowest BCUT2D eigenvalue weighted by Gasteiger charge is -2.29. The van der Waals surface area contributed by atoms with Gasteiger partial charge in [-0.3, -0.25) is 19.2 Å². The number of nitrogens with zero attached hydrogens (tertiary/aromatic N) is 15. The molecule has 2 aliphatic carbocycles. The summed E-state index contributed by atoms with van der Waals surface area (Å²) in [5, 5.41) is 16.6. The number of benzene rings is 4. The Hall–Kier alpha value is -13.1. The van der Waals surface area contributed by atoms with Gasteiger partial charge in [0.25, 0.3) is 23.6 Å². The molecule has 1 unspecified atom stereocenters. The Bertz CT molecular complexity index is 7420. The van der Waals surface area contributed by atoms with Crippen molar-refractivity contribution in [2.24, 2.45) is 5.92 Å². The monoisotopic (exact) mass is 2100 g/mol. The summed E-state index contributed by atoms with van der Waals surface area (Å²) in [6, 6.07) is 28.4. The maximum absolute atomic E-state index is 14.8. The Balaban J connectivity index is 0.000000133. The molecule has 20 rings (SSSR count). The van der Waals surface area contributed by atoms with Crippen LogP contribution in [0.4, 0.5) is 53.5 Å². The number of carbonyl (C=O) groups excluding carboxylic acids is 4. The van der Waals surface area contributed by atoms with Crippen LogP contribution in [0.15, 0.2) is 165 Å². The van der Waals surface area contributed by atoms with Crippen molar-refractivity contribution in [1.82, 2.24) is 70.3 Å². The van der Waals surface area contributed by atoms with E-state index < -0.39 is 129 Å². The van der Waals surface area contributed by atoms with E-state index in [9.17, 15) is 83.6 Å². The fourth-order valence-corrected chi connectivity index (χ4v) is 21.2. The maximum Gasteiger partial charge on any atom is 0.303 e. The van der Waals surface area contributed by atoms with Crippen molar-refractivity contribution in [3.05, 3.63) is 233 Å². The van der Waals surface area contributed by atoms with E-state index in [0.717, 1.165) is 69.2 Å². The summed E-state index contributed by atoms with van der Waals surface area (Å²) in [7, 11) is -11.8. The zero-order valence-electron chi connectivity index (χ0n) is 81.3. The van der Waals surface area contributed by atoms with Gasteiger partial charge in [-0.15, -0.1) is 0 Å². The van der Waals surface area contributed by atoms with Crippen LogP contribution in [-0.2, 0) is 45.4 Å². The zero-order chi connectivity index (χ0) is 104. The summed E-state index contributed by atoms with van der Waals surface area (Å²) in [4.78, 5) is 58.9. The van der Waals surface area contributed by atoms with Crippen LogP contribution in [-0.4, -0.2) is 244 Å². The number of alkyl halides is 3. The second-order valence-electron chi connectivity index (χ2n) is 37.8. The second-order valence-corrected chi connectivity index (χ2v) is 45.6. The molecule has 780 valence electrons. The normalized spacial score (nSPS) is 20.2. The highest BCUT2D eigenvalue weighted by atomic mass is 32.2. The predicted octanol–water partition coefficient (Wildman–Crippen LogP) is 13.0. The van der Waals surface area contributed by atoms with Gasteiger partial charge in [0, 0.05) is 157 Å². The lowest BCUT2D eigenvalue weighted by molar-refractivity contribution is 0.0972. The Kier molecular flexibility index (Phi) is 30.5. The van der Waals surface area contributed by atoms with Crippen LogP contribution in [0.2, 0.25) is 0 Å². The number of sulfonamides is 1. The molecule has 0 spiro atoms.